The van der Waals surface area contributed by atoms with Crippen LogP contribution in [0.15, 0.2) is 18.2 Å². The zero-order chi connectivity index (χ0) is 14.8. The third-order valence-electron chi connectivity index (χ3n) is 3.78. The third kappa shape index (κ3) is 3.06. The molecule has 20 heavy (non-hydrogen) atoms. The van der Waals surface area contributed by atoms with Crippen LogP contribution in [0.4, 0.5) is 18.9 Å². The van der Waals surface area contributed by atoms with Gasteiger partial charge in [-0.2, -0.15) is 18.4 Å². The van der Waals surface area contributed by atoms with Gasteiger partial charge < -0.3 is 4.90 Å². The van der Waals surface area contributed by atoms with Gasteiger partial charge in [0.1, 0.15) is 0 Å². The molecule has 1 fully saturated rings. The molecule has 0 radical (unpaired) electrons. The molecule has 1 saturated heterocycles. The van der Waals surface area contributed by atoms with Gasteiger partial charge in [-0.3, -0.25) is 0 Å². The van der Waals surface area contributed by atoms with Gasteiger partial charge in [-0.05, 0) is 37.0 Å². The van der Waals surface area contributed by atoms with Crippen molar-refractivity contribution in [3.63, 3.8) is 0 Å². The average Bonchev–Trinajstić information content (AvgIpc) is 2.86. The van der Waals surface area contributed by atoms with Crippen molar-refractivity contribution in [2.75, 3.05) is 18.0 Å². The van der Waals surface area contributed by atoms with Crippen molar-refractivity contribution in [2.24, 2.45) is 5.92 Å². The van der Waals surface area contributed by atoms with Crippen LogP contribution in [0.25, 0.3) is 0 Å². The summed E-state index contributed by atoms with van der Waals surface area (Å²) in [4.78, 5) is 2.07. The first kappa shape index (κ1) is 14.7. The third-order valence-corrected chi connectivity index (χ3v) is 3.78. The molecule has 2 nitrogen and oxygen atoms in total. The second-order valence-corrected chi connectivity index (χ2v) is 5.23. The highest BCUT2D eigenvalue weighted by molar-refractivity contribution is 5.55. The molecule has 0 aliphatic carbocycles. The molecule has 1 unspecified atom stereocenters. The van der Waals surface area contributed by atoms with E-state index in [1.807, 2.05) is 0 Å². The van der Waals surface area contributed by atoms with Crippen molar-refractivity contribution in [2.45, 2.75) is 32.4 Å². The van der Waals surface area contributed by atoms with Gasteiger partial charge in [-0.25, -0.2) is 0 Å². The maximum absolute atomic E-state index is 12.7. The lowest BCUT2D eigenvalue weighted by Crippen LogP contribution is -2.20. The Bertz CT molecular complexity index is 517. The Hall–Kier alpha value is -1.70. The lowest BCUT2D eigenvalue weighted by Gasteiger charge is -2.20. The first-order valence-corrected chi connectivity index (χ1v) is 6.82. The number of anilines is 1. The Labute approximate surface area is 116 Å². The van der Waals surface area contributed by atoms with E-state index in [1.54, 1.807) is 6.07 Å². The molecule has 1 aliphatic rings. The fourth-order valence-electron chi connectivity index (χ4n) is 2.78. The van der Waals surface area contributed by atoms with E-state index < -0.39 is 11.7 Å². The smallest absolute Gasteiger partial charge is 0.371 e. The summed E-state index contributed by atoms with van der Waals surface area (Å²) in [6, 6.07) is 5.50. The molecule has 1 heterocycles. The highest BCUT2D eigenvalue weighted by atomic mass is 19.4. The molecule has 0 bridgehead atoms. The standard InChI is InChI=1S/C15H17F3N2/c1-2-3-11-6-7-20(10-11)13-4-5-14(15(16,17)18)12(8-13)9-19/h4-5,8,11H,2-3,6-7,10H2,1H3. The van der Waals surface area contributed by atoms with Crippen molar-refractivity contribution in [3.8, 4) is 6.07 Å². The molecule has 1 aromatic carbocycles. The van der Waals surface area contributed by atoms with Gasteiger partial charge in [-0.15, -0.1) is 0 Å². The molecule has 0 spiro atoms. The van der Waals surface area contributed by atoms with Crippen LogP contribution < -0.4 is 4.90 Å². The van der Waals surface area contributed by atoms with E-state index in [9.17, 15) is 13.2 Å². The maximum Gasteiger partial charge on any atom is 0.417 e. The molecule has 0 aromatic heterocycles. The van der Waals surface area contributed by atoms with Crippen LogP contribution in [0.5, 0.6) is 0 Å². The predicted molar refractivity (Wildman–Crippen MR) is 71.4 cm³/mol. The molecular weight excluding hydrogens is 265 g/mol. The van der Waals surface area contributed by atoms with Crippen molar-refractivity contribution in [1.29, 1.82) is 5.26 Å². The van der Waals surface area contributed by atoms with Crippen LogP contribution in [-0.4, -0.2) is 13.1 Å². The van der Waals surface area contributed by atoms with Gasteiger partial charge in [0.15, 0.2) is 0 Å². The van der Waals surface area contributed by atoms with Gasteiger partial charge in [-0.1, -0.05) is 13.3 Å². The van der Waals surface area contributed by atoms with Crippen LogP contribution in [-0.2, 0) is 6.18 Å². The van der Waals surface area contributed by atoms with Gasteiger partial charge in [0, 0.05) is 18.8 Å². The number of nitriles is 1. The Morgan fingerprint density at radius 2 is 2.15 bits per heavy atom. The zero-order valence-corrected chi connectivity index (χ0v) is 11.4. The Balaban J connectivity index is 2.21. The summed E-state index contributed by atoms with van der Waals surface area (Å²) in [7, 11) is 0. The van der Waals surface area contributed by atoms with Crippen molar-refractivity contribution < 1.29 is 13.2 Å². The molecule has 0 N–H and O–H groups in total. The highest BCUT2D eigenvalue weighted by Crippen LogP contribution is 2.35. The Morgan fingerprint density at radius 1 is 1.40 bits per heavy atom. The number of rotatable bonds is 3. The minimum Gasteiger partial charge on any atom is -0.371 e. The summed E-state index contributed by atoms with van der Waals surface area (Å²) in [6.07, 6.45) is -1.15. The van der Waals surface area contributed by atoms with Crippen molar-refractivity contribution in [1.82, 2.24) is 0 Å². The largest absolute Gasteiger partial charge is 0.417 e. The second-order valence-electron chi connectivity index (χ2n) is 5.23. The SMILES string of the molecule is CCCC1CCN(c2ccc(C(F)(F)F)c(C#N)c2)C1. The summed E-state index contributed by atoms with van der Waals surface area (Å²) >= 11 is 0. The van der Waals surface area contributed by atoms with Gasteiger partial charge in [0.05, 0.1) is 17.2 Å². The van der Waals surface area contributed by atoms with E-state index >= 15 is 0 Å². The predicted octanol–water partition coefficient (Wildman–Crippen LogP) is 4.20. The summed E-state index contributed by atoms with van der Waals surface area (Å²) in [6.45, 7) is 3.85. The van der Waals surface area contributed by atoms with Crippen LogP contribution >= 0.6 is 0 Å². The number of alkyl halides is 3. The normalized spacial score (nSPS) is 19.1. The highest BCUT2D eigenvalue weighted by Gasteiger charge is 2.34. The first-order valence-electron chi connectivity index (χ1n) is 6.82. The van der Waals surface area contributed by atoms with E-state index in [-0.39, 0.29) is 5.56 Å². The van der Waals surface area contributed by atoms with Gasteiger partial charge in [0.2, 0.25) is 0 Å². The fraction of sp³-hybridized carbons (Fsp3) is 0.533. The van der Waals surface area contributed by atoms with E-state index in [4.69, 9.17) is 5.26 Å². The van der Waals surface area contributed by atoms with Gasteiger partial charge in [0.25, 0.3) is 0 Å². The maximum atomic E-state index is 12.7. The molecular formula is C15H17F3N2. The molecule has 0 saturated carbocycles. The lowest BCUT2D eigenvalue weighted by molar-refractivity contribution is -0.137. The number of benzene rings is 1. The number of nitrogens with zero attached hydrogens (tertiary/aromatic N) is 2. The van der Waals surface area contributed by atoms with Crippen LogP contribution in [0.3, 0.4) is 0 Å². The molecule has 0 amide bonds. The van der Waals surface area contributed by atoms with Crippen molar-refractivity contribution in [3.05, 3.63) is 29.3 Å². The molecule has 1 aliphatic heterocycles. The molecule has 108 valence electrons. The summed E-state index contributed by atoms with van der Waals surface area (Å²) in [5.74, 6) is 0.604. The van der Waals surface area contributed by atoms with Crippen LogP contribution in [0.2, 0.25) is 0 Å². The molecule has 1 atom stereocenters. The topological polar surface area (TPSA) is 27.0 Å². The Kier molecular flexibility index (Phi) is 4.22. The summed E-state index contributed by atoms with van der Waals surface area (Å²) < 4.78 is 38.2. The molecule has 2 rings (SSSR count). The monoisotopic (exact) mass is 282 g/mol. The number of hydrogen-bond donors (Lipinski definition) is 0. The van der Waals surface area contributed by atoms with Crippen LogP contribution in [0, 0.1) is 17.2 Å². The number of hydrogen-bond acceptors (Lipinski definition) is 2. The average molecular weight is 282 g/mol. The Morgan fingerprint density at radius 3 is 2.75 bits per heavy atom. The minimum absolute atomic E-state index is 0.297. The van der Waals surface area contributed by atoms with E-state index in [0.717, 1.165) is 38.4 Å². The van der Waals surface area contributed by atoms with Crippen LogP contribution in [0.1, 0.15) is 37.3 Å². The number of halogens is 3. The second kappa shape index (κ2) is 5.74. The first-order chi connectivity index (χ1) is 9.45. The van der Waals surface area contributed by atoms with E-state index in [0.29, 0.717) is 11.6 Å². The minimum atomic E-state index is -4.47. The molecule has 5 heteroatoms. The summed E-state index contributed by atoms with van der Waals surface area (Å²) in [5, 5.41) is 8.92. The van der Waals surface area contributed by atoms with Gasteiger partial charge >= 0.3 is 6.18 Å². The molecule has 1 aromatic rings. The van der Waals surface area contributed by atoms with E-state index in [1.165, 1.54) is 12.1 Å². The van der Waals surface area contributed by atoms with Crippen molar-refractivity contribution >= 4 is 5.69 Å². The fourth-order valence-corrected chi connectivity index (χ4v) is 2.78. The summed E-state index contributed by atoms with van der Waals surface area (Å²) in [5.41, 5.74) is -0.435. The van der Waals surface area contributed by atoms with E-state index in [2.05, 4.69) is 11.8 Å². The quantitative estimate of drug-likeness (QED) is 0.830. The zero-order valence-electron chi connectivity index (χ0n) is 11.4. The lowest BCUT2D eigenvalue weighted by atomic mass is 10.0.